The number of sulfonamides is 1. The van der Waals surface area contributed by atoms with E-state index < -0.39 is 91.7 Å². The number of nitrogens with one attached hydrogen (secondary N) is 3. The summed E-state index contributed by atoms with van der Waals surface area (Å²) in [5.41, 5.74) is -2.35. The zero-order valence-corrected chi connectivity index (χ0v) is 30.0. The summed E-state index contributed by atoms with van der Waals surface area (Å²) >= 11 is 0. The van der Waals surface area contributed by atoms with Crippen LogP contribution >= 0.6 is 0 Å². The highest BCUT2D eigenvalue weighted by Gasteiger charge is 2.62. The lowest BCUT2D eigenvalue weighted by Gasteiger charge is -2.36. The number of benzene rings is 1. The van der Waals surface area contributed by atoms with Gasteiger partial charge in [0.2, 0.25) is 21.8 Å². The van der Waals surface area contributed by atoms with Crippen molar-refractivity contribution in [1.82, 2.24) is 25.2 Å². The maximum atomic E-state index is 14.4. The summed E-state index contributed by atoms with van der Waals surface area (Å²) in [5.74, 6) is -3.36. The number of likely N-dealkylation sites (tertiary alicyclic amines) is 1. The number of carbonyl (C=O) groups is 5. The Morgan fingerprint density at radius 2 is 1.76 bits per heavy atom. The Kier molecular flexibility index (Phi) is 9.75. The monoisotopic (exact) mass is 719 g/mol. The Labute approximate surface area is 291 Å². The summed E-state index contributed by atoms with van der Waals surface area (Å²) in [7, 11) is -3.93. The second kappa shape index (κ2) is 13.2. The first-order valence-corrected chi connectivity index (χ1v) is 18.2. The van der Waals surface area contributed by atoms with Gasteiger partial charge in [-0.05, 0) is 57.1 Å². The Balaban J connectivity index is 1.38. The van der Waals surface area contributed by atoms with Crippen LogP contribution in [0.15, 0.2) is 30.9 Å². The summed E-state index contributed by atoms with van der Waals surface area (Å²) in [6, 6.07) is 2.09. The summed E-state index contributed by atoms with van der Waals surface area (Å²) in [6.07, 6.45) is -0.394. The van der Waals surface area contributed by atoms with Crippen LogP contribution in [0.4, 0.5) is 14.0 Å². The fourth-order valence-electron chi connectivity index (χ4n) is 6.36. The van der Waals surface area contributed by atoms with Gasteiger partial charge in [0.15, 0.2) is 0 Å². The Morgan fingerprint density at radius 1 is 1.08 bits per heavy atom. The molecule has 1 saturated heterocycles. The normalized spacial score (nSPS) is 25.2. The third kappa shape index (κ3) is 7.89. The third-order valence-corrected chi connectivity index (χ3v) is 11.1. The van der Waals surface area contributed by atoms with Gasteiger partial charge in [0.05, 0.1) is 18.3 Å². The van der Waals surface area contributed by atoms with Gasteiger partial charge in [-0.15, -0.1) is 6.58 Å². The topological polar surface area (TPSA) is 181 Å². The molecule has 2 aliphatic heterocycles. The highest BCUT2D eigenvalue weighted by atomic mass is 32.2. The first-order valence-electron chi connectivity index (χ1n) is 16.7. The van der Waals surface area contributed by atoms with E-state index in [4.69, 9.17) is 9.47 Å². The maximum Gasteiger partial charge on any atom is 0.410 e. The van der Waals surface area contributed by atoms with Crippen LogP contribution in [0.1, 0.15) is 78.4 Å². The number of carbonyl (C=O) groups excluding carboxylic acids is 5. The molecule has 16 heteroatoms. The Hall–Kier alpha value is -4.21. The molecule has 0 radical (unpaired) electrons. The number of hydrogen-bond donors (Lipinski definition) is 3. The molecule has 4 aliphatic rings. The number of hydrogen-bond acceptors (Lipinski definition) is 9. The van der Waals surface area contributed by atoms with Crippen LogP contribution in [0, 0.1) is 17.2 Å². The smallest absolute Gasteiger partial charge is 0.410 e. The molecule has 5 rings (SSSR count). The van der Waals surface area contributed by atoms with Crippen LogP contribution in [-0.4, -0.2) is 89.2 Å². The molecule has 0 spiro atoms. The van der Waals surface area contributed by atoms with Gasteiger partial charge in [0, 0.05) is 24.4 Å². The molecule has 2 saturated carbocycles. The molecule has 50 heavy (non-hydrogen) atoms. The molecule has 3 fully saturated rings. The zero-order chi connectivity index (χ0) is 37.0. The first-order chi connectivity index (χ1) is 23.1. The van der Waals surface area contributed by atoms with Crippen LogP contribution in [-0.2, 0) is 47.0 Å². The van der Waals surface area contributed by atoms with Crippen LogP contribution < -0.4 is 15.4 Å². The minimum Gasteiger partial charge on any atom is -0.444 e. The lowest BCUT2D eigenvalue weighted by molar-refractivity contribution is -0.143. The predicted molar refractivity (Wildman–Crippen MR) is 178 cm³/mol. The van der Waals surface area contributed by atoms with Gasteiger partial charge in [-0.2, -0.15) is 0 Å². The molecule has 5 amide bonds. The van der Waals surface area contributed by atoms with Gasteiger partial charge >= 0.3 is 12.2 Å². The van der Waals surface area contributed by atoms with E-state index in [1.165, 1.54) is 21.9 Å². The van der Waals surface area contributed by atoms with E-state index in [9.17, 15) is 36.8 Å². The summed E-state index contributed by atoms with van der Waals surface area (Å²) < 4.78 is 52.9. The van der Waals surface area contributed by atoms with Crippen molar-refractivity contribution in [3.8, 4) is 0 Å². The van der Waals surface area contributed by atoms with E-state index in [1.54, 1.807) is 53.7 Å². The zero-order valence-electron chi connectivity index (χ0n) is 29.2. The fraction of sp³-hybridized carbons (Fsp3) is 0.618. The Morgan fingerprint density at radius 3 is 2.32 bits per heavy atom. The van der Waals surface area contributed by atoms with Gasteiger partial charge < -0.3 is 25.0 Å². The summed E-state index contributed by atoms with van der Waals surface area (Å²) in [5, 5.41) is 4.64. The van der Waals surface area contributed by atoms with Crippen LogP contribution in [0.2, 0.25) is 0 Å². The maximum absolute atomic E-state index is 14.4. The SMILES string of the molecule is C=C[C@H]1C[C@@]1(NC(=O)C1C[C@@H](OC(=O)N2Cc3cccc(F)c3C2)CN1C(=O)[C@@H](NC(=O)OC(C)(C)C)C(C)(C)C)C(=O)NS(=O)(=O)C1CC1. The third-order valence-electron chi connectivity index (χ3n) is 9.32. The van der Waals surface area contributed by atoms with E-state index in [0.717, 1.165) is 0 Å². The number of halogens is 1. The standard InChI is InChI=1S/C34H46FN5O9S/c1-8-20-15-34(20,29(43)38-50(46,47)22-12-13-22)37-27(41)25-14-21(48-31(45)39-16-19-10-9-11-24(35)23(19)18-39)17-40(25)28(42)26(32(2,3)4)36-30(44)49-33(5,6)7/h8-11,20-22,25-26H,1,12-18H2,2-7H3,(H,36,44)(H,37,41)(H,38,43)/t20-,21+,25?,26+,34-/m0/s1. The predicted octanol–water partition coefficient (Wildman–Crippen LogP) is 2.86. The first kappa shape index (κ1) is 37.1. The van der Waals surface area contributed by atoms with Gasteiger partial charge in [-0.25, -0.2) is 22.4 Å². The fourth-order valence-corrected chi connectivity index (χ4v) is 7.72. The highest BCUT2D eigenvalue weighted by molar-refractivity contribution is 7.91. The summed E-state index contributed by atoms with van der Waals surface area (Å²) in [6.45, 7) is 13.7. The van der Waals surface area contributed by atoms with E-state index in [2.05, 4.69) is 21.9 Å². The van der Waals surface area contributed by atoms with Crippen molar-refractivity contribution in [2.75, 3.05) is 6.54 Å². The van der Waals surface area contributed by atoms with Gasteiger partial charge in [-0.1, -0.05) is 39.0 Å². The van der Waals surface area contributed by atoms with Gasteiger partial charge in [-0.3, -0.25) is 24.0 Å². The molecule has 0 bridgehead atoms. The van der Waals surface area contributed by atoms with Crippen molar-refractivity contribution in [2.24, 2.45) is 11.3 Å². The van der Waals surface area contributed by atoms with E-state index >= 15 is 0 Å². The van der Waals surface area contributed by atoms with Crippen LogP contribution in [0.3, 0.4) is 0 Å². The molecule has 5 atom stereocenters. The number of fused-ring (bicyclic) bond motifs is 1. The quantitative estimate of drug-likeness (QED) is 0.324. The molecule has 0 aromatic heterocycles. The minimum absolute atomic E-state index is 0.0175. The second-order valence-corrected chi connectivity index (χ2v) is 17.6. The largest absolute Gasteiger partial charge is 0.444 e. The molecular formula is C34H46FN5O9S. The molecule has 1 aromatic carbocycles. The molecule has 1 unspecified atom stereocenters. The molecule has 14 nitrogen and oxygen atoms in total. The highest BCUT2D eigenvalue weighted by Crippen LogP contribution is 2.45. The van der Waals surface area contributed by atoms with Crippen molar-refractivity contribution in [3.63, 3.8) is 0 Å². The lowest BCUT2D eigenvalue weighted by Crippen LogP contribution is -2.60. The second-order valence-electron chi connectivity index (χ2n) is 15.6. The van der Waals surface area contributed by atoms with Gasteiger partial charge in [0.25, 0.3) is 5.91 Å². The van der Waals surface area contributed by atoms with Crippen molar-refractivity contribution < 1.29 is 46.3 Å². The minimum atomic E-state index is -3.93. The van der Waals surface area contributed by atoms with Crippen LogP contribution in [0.5, 0.6) is 0 Å². The number of amides is 5. The molecule has 274 valence electrons. The van der Waals surface area contributed by atoms with Crippen molar-refractivity contribution in [3.05, 3.63) is 47.8 Å². The van der Waals surface area contributed by atoms with Crippen molar-refractivity contribution in [1.29, 1.82) is 0 Å². The van der Waals surface area contributed by atoms with E-state index in [-0.39, 0.29) is 32.5 Å². The number of nitrogens with zero attached hydrogens (tertiary/aromatic N) is 2. The molecule has 2 heterocycles. The number of rotatable bonds is 9. The van der Waals surface area contributed by atoms with Crippen molar-refractivity contribution >= 4 is 39.9 Å². The Bertz CT molecular complexity index is 1700. The van der Waals surface area contributed by atoms with Crippen LogP contribution in [0.25, 0.3) is 0 Å². The lowest BCUT2D eigenvalue weighted by atomic mass is 9.85. The summed E-state index contributed by atoms with van der Waals surface area (Å²) in [4.78, 5) is 70.4. The molecule has 2 aliphatic carbocycles. The average molecular weight is 720 g/mol. The molecular weight excluding hydrogens is 673 g/mol. The molecule has 3 N–H and O–H groups in total. The number of ether oxygens (including phenoxy) is 2. The molecule has 1 aromatic rings. The van der Waals surface area contributed by atoms with Crippen molar-refractivity contribution in [2.45, 2.75) is 115 Å². The van der Waals surface area contributed by atoms with E-state index in [1.807, 2.05) is 0 Å². The van der Waals surface area contributed by atoms with Gasteiger partial charge in [0.1, 0.15) is 35.1 Å². The average Bonchev–Trinajstić information content (AvgIpc) is 3.89. The number of alkyl carbamates (subject to hydrolysis) is 1. The van der Waals surface area contributed by atoms with E-state index in [0.29, 0.717) is 24.0 Å².